The Bertz CT molecular complexity index is 523. The Morgan fingerprint density at radius 3 is 2.53 bits per heavy atom. The Labute approximate surface area is 106 Å². The van der Waals surface area contributed by atoms with Crippen molar-refractivity contribution in [3.63, 3.8) is 0 Å². The highest BCUT2D eigenvalue weighted by atomic mass is 35.5. The number of rotatable bonds is 3. The van der Waals surface area contributed by atoms with Gasteiger partial charge in [-0.25, -0.2) is 4.98 Å². The van der Waals surface area contributed by atoms with Crippen LogP contribution in [-0.4, -0.2) is 4.98 Å². The minimum atomic E-state index is 0.418. The molecule has 0 aliphatic carbocycles. The molecular formula is C14H15ClN2. The number of benzene rings is 1. The maximum absolute atomic E-state index is 6.08. The van der Waals surface area contributed by atoms with Gasteiger partial charge in [-0.3, -0.25) is 0 Å². The number of nitrogens with zero attached hydrogens (tertiary/aromatic N) is 1. The van der Waals surface area contributed by atoms with E-state index < -0.39 is 0 Å². The van der Waals surface area contributed by atoms with Gasteiger partial charge >= 0.3 is 0 Å². The number of hydrogen-bond donors (Lipinski definition) is 1. The minimum Gasteiger partial charge on any atom is -0.326 e. The molecular weight excluding hydrogens is 232 g/mol. The van der Waals surface area contributed by atoms with E-state index in [0.29, 0.717) is 11.7 Å². The van der Waals surface area contributed by atoms with E-state index in [1.165, 1.54) is 5.56 Å². The number of pyridine rings is 1. The van der Waals surface area contributed by atoms with Crippen LogP contribution in [0, 0.1) is 0 Å². The van der Waals surface area contributed by atoms with Crippen LogP contribution in [0.4, 0.5) is 0 Å². The van der Waals surface area contributed by atoms with Crippen molar-refractivity contribution in [3.05, 3.63) is 52.7 Å². The van der Waals surface area contributed by atoms with Gasteiger partial charge in [-0.1, -0.05) is 48.9 Å². The van der Waals surface area contributed by atoms with Crippen molar-refractivity contribution in [1.29, 1.82) is 0 Å². The molecule has 0 aliphatic heterocycles. The van der Waals surface area contributed by atoms with E-state index in [4.69, 9.17) is 17.3 Å². The fraction of sp³-hybridized carbons (Fsp3) is 0.214. The molecule has 0 radical (unpaired) electrons. The molecule has 2 aromatic rings. The molecule has 2 rings (SSSR count). The van der Waals surface area contributed by atoms with Gasteiger partial charge in [-0.15, -0.1) is 0 Å². The summed E-state index contributed by atoms with van der Waals surface area (Å²) in [6, 6.07) is 12.2. The number of aromatic nitrogens is 1. The normalized spacial score (nSPS) is 10.5. The van der Waals surface area contributed by atoms with Crippen LogP contribution >= 0.6 is 11.6 Å². The Morgan fingerprint density at radius 1 is 1.12 bits per heavy atom. The highest BCUT2D eigenvalue weighted by Gasteiger charge is 2.07. The van der Waals surface area contributed by atoms with Gasteiger partial charge in [-0.05, 0) is 18.1 Å². The minimum absolute atomic E-state index is 0.418. The Morgan fingerprint density at radius 2 is 1.88 bits per heavy atom. The molecule has 0 aliphatic rings. The van der Waals surface area contributed by atoms with Crippen LogP contribution in [0.5, 0.6) is 0 Å². The second-order valence-electron chi connectivity index (χ2n) is 3.86. The van der Waals surface area contributed by atoms with Gasteiger partial charge in [0.1, 0.15) is 5.15 Å². The Hall–Kier alpha value is -1.38. The third-order valence-corrected chi connectivity index (χ3v) is 3.15. The topological polar surface area (TPSA) is 38.9 Å². The third-order valence-electron chi connectivity index (χ3n) is 2.82. The van der Waals surface area contributed by atoms with E-state index in [1.807, 2.05) is 24.3 Å². The lowest BCUT2D eigenvalue weighted by molar-refractivity contribution is 1.05. The summed E-state index contributed by atoms with van der Waals surface area (Å²) < 4.78 is 0. The maximum atomic E-state index is 6.08. The predicted molar refractivity (Wildman–Crippen MR) is 72.0 cm³/mol. The fourth-order valence-electron chi connectivity index (χ4n) is 1.84. The van der Waals surface area contributed by atoms with Gasteiger partial charge < -0.3 is 5.73 Å². The van der Waals surface area contributed by atoms with Crippen LogP contribution in [0.3, 0.4) is 0 Å². The standard InChI is InChI=1S/C14H15ClN2/c1-2-10-5-3-4-6-12(10)13-8-7-11(9-16)14(15)17-13/h3-8H,2,9,16H2,1H3. The van der Waals surface area contributed by atoms with Crippen molar-refractivity contribution in [1.82, 2.24) is 4.98 Å². The monoisotopic (exact) mass is 246 g/mol. The predicted octanol–water partition coefficient (Wildman–Crippen LogP) is 3.42. The van der Waals surface area contributed by atoms with Crippen molar-refractivity contribution >= 4 is 11.6 Å². The molecule has 0 fully saturated rings. The second kappa shape index (κ2) is 5.30. The average molecular weight is 247 g/mol. The van der Waals surface area contributed by atoms with E-state index >= 15 is 0 Å². The smallest absolute Gasteiger partial charge is 0.134 e. The van der Waals surface area contributed by atoms with Crippen LogP contribution in [0.2, 0.25) is 5.15 Å². The van der Waals surface area contributed by atoms with Crippen LogP contribution in [0.1, 0.15) is 18.1 Å². The van der Waals surface area contributed by atoms with Crippen molar-refractivity contribution in [2.45, 2.75) is 19.9 Å². The van der Waals surface area contributed by atoms with E-state index in [-0.39, 0.29) is 0 Å². The highest BCUT2D eigenvalue weighted by Crippen LogP contribution is 2.25. The molecule has 2 N–H and O–H groups in total. The summed E-state index contributed by atoms with van der Waals surface area (Å²) >= 11 is 6.08. The van der Waals surface area contributed by atoms with Gasteiger partial charge in [0.15, 0.2) is 0 Å². The molecule has 0 bridgehead atoms. The highest BCUT2D eigenvalue weighted by molar-refractivity contribution is 6.30. The van der Waals surface area contributed by atoms with Gasteiger partial charge in [0, 0.05) is 17.7 Å². The lowest BCUT2D eigenvalue weighted by Gasteiger charge is -2.08. The summed E-state index contributed by atoms with van der Waals surface area (Å²) in [7, 11) is 0. The zero-order chi connectivity index (χ0) is 12.3. The summed E-state index contributed by atoms with van der Waals surface area (Å²) in [4.78, 5) is 4.41. The van der Waals surface area contributed by atoms with Gasteiger partial charge in [0.2, 0.25) is 0 Å². The number of halogens is 1. The summed E-state index contributed by atoms with van der Waals surface area (Å²) in [5.74, 6) is 0. The maximum Gasteiger partial charge on any atom is 0.134 e. The first kappa shape index (κ1) is 12.1. The van der Waals surface area contributed by atoms with Gasteiger partial charge in [-0.2, -0.15) is 0 Å². The van der Waals surface area contributed by atoms with E-state index in [1.54, 1.807) is 0 Å². The quantitative estimate of drug-likeness (QED) is 0.843. The van der Waals surface area contributed by atoms with Crippen LogP contribution in [0.25, 0.3) is 11.3 Å². The van der Waals surface area contributed by atoms with Gasteiger partial charge in [0.25, 0.3) is 0 Å². The average Bonchev–Trinajstić information content (AvgIpc) is 2.38. The molecule has 1 aromatic heterocycles. The van der Waals surface area contributed by atoms with Crippen LogP contribution in [0.15, 0.2) is 36.4 Å². The summed E-state index contributed by atoms with van der Waals surface area (Å²) in [6.07, 6.45) is 0.980. The van der Waals surface area contributed by atoms with E-state index in [2.05, 4.69) is 24.0 Å². The molecule has 1 aromatic carbocycles. The molecule has 0 amide bonds. The molecule has 3 heteroatoms. The van der Waals surface area contributed by atoms with Crippen molar-refractivity contribution < 1.29 is 0 Å². The first-order chi connectivity index (χ1) is 8.26. The molecule has 88 valence electrons. The first-order valence-corrected chi connectivity index (χ1v) is 6.07. The summed E-state index contributed by atoms with van der Waals surface area (Å²) in [6.45, 7) is 2.55. The number of aryl methyl sites for hydroxylation is 1. The molecule has 2 nitrogen and oxygen atoms in total. The second-order valence-corrected chi connectivity index (χ2v) is 4.22. The number of nitrogens with two attached hydrogens (primary N) is 1. The SMILES string of the molecule is CCc1ccccc1-c1ccc(CN)c(Cl)n1. The van der Waals surface area contributed by atoms with Crippen LogP contribution < -0.4 is 5.73 Å². The van der Waals surface area contributed by atoms with Crippen LogP contribution in [-0.2, 0) is 13.0 Å². The fourth-order valence-corrected chi connectivity index (χ4v) is 2.08. The zero-order valence-electron chi connectivity index (χ0n) is 9.78. The van der Waals surface area contributed by atoms with Gasteiger partial charge in [0.05, 0.1) is 5.69 Å². The zero-order valence-corrected chi connectivity index (χ0v) is 10.5. The van der Waals surface area contributed by atoms with E-state index in [9.17, 15) is 0 Å². The summed E-state index contributed by atoms with van der Waals surface area (Å²) in [5.41, 5.74) is 9.77. The first-order valence-electron chi connectivity index (χ1n) is 5.70. The molecule has 0 saturated carbocycles. The van der Waals surface area contributed by atoms with Crippen molar-refractivity contribution in [3.8, 4) is 11.3 Å². The molecule has 0 unspecified atom stereocenters. The summed E-state index contributed by atoms with van der Waals surface area (Å²) in [5, 5.41) is 0.496. The van der Waals surface area contributed by atoms with Crippen molar-refractivity contribution in [2.75, 3.05) is 0 Å². The third kappa shape index (κ3) is 2.48. The largest absolute Gasteiger partial charge is 0.326 e. The lowest BCUT2D eigenvalue weighted by Crippen LogP contribution is -1.99. The molecule has 17 heavy (non-hydrogen) atoms. The molecule has 0 saturated heterocycles. The Kier molecular flexibility index (Phi) is 3.77. The van der Waals surface area contributed by atoms with Crippen molar-refractivity contribution in [2.24, 2.45) is 5.73 Å². The molecule has 0 spiro atoms. The lowest BCUT2D eigenvalue weighted by atomic mass is 10.0. The molecule has 0 atom stereocenters. The number of hydrogen-bond acceptors (Lipinski definition) is 2. The molecule has 1 heterocycles. The van der Waals surface area contributed by atoms with E-state index in [0.717, 1.165) is 23.2 Å². The Balaban J connectivity index is 2.49.